The molecule has 0 bridgehead atoms. The van der Waals surface area contributed by atoms with Gasteiger partial charge in [-0.15, -0.1) is 0 Å². The van der Waals surface area contributed by atoms with Crippen molar-refractivity contribution in [2.75, 3.05) is 5.32 Å². The summed E-state index contributed by atoms with van der Waals surface area (Å²) in [5.74, 6) is 1.14. The molecule has 0 unspecified atom stereocenters. The molecule has 2 aliphatic rings. The quantitative estimate of drug-likeness (QED) is 0.916. The summed E-state index contributed by atoms with van der Waals surface area (Å²) in [6.07, 6.45) is 7.31. The highest BCUT2D eigenvalue weighted by atomic mass is 16.1. The molecule has 2 heterocycles. The Morgan fingerprint density at radius 3 is 2.64 bits per heavy atom. The van der Waals surface area contributed by atoms with Crippen LogP contribution in [0, 0.1) is 6.92 Å². The first-order valence-electron chi connectivity index (χ1n) is 8.16. The van der Waals surface area contributed by atoms with E-state index in [1.165, 1.54) is 36.8 Å². The topological polar surface area (TPSA) is 46.9 Å². The minimum atomic E-state index is 0.0952. The van der Waals surface area contributed by atoms with E-state index in [9.17, 15) is 4.79 Å². The normalized spacial score (nSPS) is 21.7. The fraction of sp³-hybridized carbons (Fsp3) is 0.444. The third-order valence-electron chi connectivity index (χ3n) is 5.00. The number of hydrogen-bond donors (Lipinski definition) is 1. The zero-order valence-electron chi connectivity index (χ0n) is 12.9. The minimum Gasteiger partial charge on any atom is -0.311 e. The smallest absolute Gasteiger partial charge is 0.226 e. The third kappa shape index (κ3) is 2.23. The summed E-state index contributed by atoms with van der Waals surface area (Å²) in [7, 11) is 0. The zero-order valence-corrected chi connectivity index (χ0v) is 12.9. The lowest BCUT2D eigenvalue weighted by molar-refractivity contribution is -0.116. The lowest BCUT2D eigenvalue weighted by Gasteiger charge is -2.25. The van der Waals surface area contributed by atoms with Crippen LogP contribution in [0.15, 0.2) is 30.5 Å². The molecule has 0 spiro atoms. The van der Waals surface area contributed by atoms with Crippen molar-refractivity contribution in [1.29, 1.82) is 0 Å². The van der Waals surface area contributed by atoms with E-state index in [4.69, 9.17) is 0 Å². The van der Waals surface area contributed by atoms with Crippen molar-refractivity contribution >= 4 is 11.7 Å². The number of amides is 1. The second kappa shape index (κ2) is 5.27. The number of fused-ring (bicyclic) bond motifs is 1. The number of benzene rings is 1. The Kier molecular flexibility index (Phi) is 3.25. The summed E-state index contributed by atoms with van der Waals surface area (Å²) in [5, 5.41) is 7.67. The molecule has 22 heavy (non-hydrogen) atoms. The molecule has 2 aromatic rings. The van der Waals surface area contributed by atoms with E-state index in [0.29, 0.717) is 12.5 Å². The minimum absolute atomic E-state index is 0.0952. The molecule has 0 saturated heterocycles. The predicted molar refractivity (Wildman–Crippen MR) is 86.0 cm³/mol. The van der Waals surface area contributed by atoms with E-state index in [1.807, 2.05) is 6.20 Å². The van der Waals surface area contributed by atoms with Gasteiger partial charge in [0.2, 0.25) is 5.91 Å². The number of nitrogens with one attached hydrogen (secondary N) is 1. The first-order valence-corrected chi connectivity index (χ1v) is 8.16. The van der Waals surface area contributed by atoms with Crippen LogP contribution in [0.1, 0.15) is 60.8 Å². The average molecular weight is 295 g/mol. The number of carbonyl (C=O) groups is 1. The third-order valence-corrected chi connectivity index (χ3v) is 5.00. The van der Waals surface area contributed by atoms with Crippen LogP contribution in [0.4, 0.5) is 5.82 Å². The molecule has 1 N–H and O–H groups in total. The van der Waals surface area contributed by atoms with Crippen molar-refractivity contribution in [3.05, 3.63) is 47.2 Å². The fourth-order valence-electron chi connectivity index (χ4n) is 3.76. The van der Waals surface area contributed by atoms with Crippen molar-refractivity contribution < 1.29 is 4.79 Å². The largest absolute Gasteiger partial charge is 0.311 e. The monoisotopic (exact) mass is 295 g/mol. The standard InChI is InChI=1S/C18H21N3O/c1-12-6-8-13(9-7-12)15-10-17(22)20-18-16(15)11-19-21(18)14-4-2-3-5-14/h6-9,11,14-15H,2-5,10H2,1H3,(H,20,22)/t15-/m0/s1. The summed E-state index contributed by atoms with van der Waals surface area (Å²) in [4.78, 5) is 12.2. The molecule has 1 atom stereocenters. The van der Waals surface area contributed by atoms with Crippen molar-refractivity contribution in [2.24, 2.45) is 0 Å². The number of aryl methyl sites for hydroxylation is 1. The van der Waals surface area contributed by atoms with Crippen LogP contribution in [0.5, 0.6) is 0 Å². The fourth-order valence-corrected chi connectivity index (χ4v) is 3.76. The number of rotatable bonds is 2. The molecule has 1 aromatic carbocycles. The molecule has 1 amide bonds. The Labute approximate surface area is 130 Å². The van der Waals surface area contributed by atoms with Crippen molar-refractivity contribution in [3.63, 3.8) is 0 Å². The number of hydrogen-bond acceptors (Lipinski definition) is 2. The number of nitrogens with zero attached hydrogens (tertiary/aromatic N) is 2. The summed E-state index contributed by atoms with van der Waals surface area (Å²) in [6, 6.07) is 8.94. The van der Waals surface area contributed by atoms with E-state index in [0.717, 1.165) is 11.4 Å². The number of aromatic nitrogens is 2. The maximum Gasteiger partial charge on any atom is 0.226 e. The van der Waals surface area contributed by atoms with Crippen molar-refractivity contribution in [3.8, 4) is 0 Å². The molecule has 4 heteroatoms. The SMILES string of the molecule is Cc1ccc([C@@H]2CC(=O)Nc3c2cnn3C2CCCC2)cc1. The van der Waals surface area contributed by atoms with Crippen LogP contribution in [0.3, 0.4) is 0 Å². The van der Waals surface area contributed by atoms with Gasteiger partial charge >= 0.3 is 0 Å². The summed E-state index contributed by atoms with van der Waals surface area (Å²) < 4.78 is 2.06. The van der Waals surface area contributed by atoms with Gasteiger partial charge in [0.1, 0.15) is 5.82 Å². The first-order chi connectivity index (χ1) is 10.7. The van der Waals surface area contributed by atoms with Crippen LogP contribution < -0.4 is 5.32 Å². The molecule has 1 saturated carbocycles. The van der Waals surface area contributed by atoms with E-state index >= 15 is 0 Å². The van der Waals surface area contributed by atoms with Gasteiger partial charge in [-0.05, 0) is 25.3 Å². The van der Waals surface area contributed by atoms with Crippen LogP contribution in [0.25, 0.3) is 0 Å². The van der Waals surface area contributed by atoms with E-state index < -0.39 is 0 Å². The van der Waals surface area contributed by atoms with E-state index in [1.54, 1.807) is 0 Å². The van der Waals surface area contributed by atoms with Gasteiger partial charge < -0.3 is 5.32 Å². The molecule has 0 radical (unpaired) electrons. The Bertz CT molecular complexity index is 696. The molecule has 114 valence electrons. The maximum absolute atomic E-state index is 12.2. The maximum atomic E-state index is 12.2. The highest BCUT2D eigenvalue weighted by Crippen LogP contribution is 2.40. The lowest BCUT2D eigenvalue weighted by Crippen LogP contribution is -2.25. The van der Waals surface area contributed by atoms with Crippen LogP contribution in [-0.2, 0) is 4.79 Å². The molecule has 1 aliphatic heterocycles. The Morgan fingerprint density at radius 2 is 1.91 bits per heavy atom. The predicted octanol–water partition coefficient (Wildman–Crippen LogP) is 3.78. The van der Waals surface area contributed by atoms with Gasteiger partial charge in [0.05, 0.1) is 12.2 Å². The number of anilines is 1. The molecule has 4 nitrogen and oxygen atoms in total. The zero-order chi connectivity index (χ0) is 15.1. The van der Waals surface area contributed by atoms with Gasteiger partial charge in [-0.2, -0.15) is 5.10 Å². The molecule has 1 fully saturated rings. The molecular formula is C18H21N3O. The van der Waals surface area contributed by atoms with Crippen molar-refractivity contribution in [1.82, 2.24) is 9.78 Å². The van der Waals surface area contributed by atoms with Crippen molar-refractivity contribution in [2.45, 2.75) is 51.0 Å². The van der Waals surface area contributed by atoms with Gasteiger partial charge in [0, 0.05) is 17.9 Å². The molecule has 4 rings (SSSR count). The van der Waals surface area contributed by atoms with Gasteiger partial charge in [-0.25, -0.2) is 4.68 Å². The average Bonchev–Trinajstić information content (AvgIpc) is 3.15. The van der Waals surface area contributed by atoms with Gasteiger partial charge in [0.25, 0.3) is 0 Å². The summed E-state index contributed by atoms with van der Waals surface area (Å²) >= 11 is 0. The molecule has 1 aliphatic carbocycles. The summed E-state index contributed by atoms with van der Waals surface area (Å²) in [6.45, 7) is 2.08. The molecular weight excluding hydrogens is 274 g/mol. The highest BCUT2D eigenvalue weighted by Gasteiger charge is 2.32. The van der Waals surface area contributed by atoms with Gasteiger partial charge in [-0.3, -0.25) is 4.79 Å². The first kappa shape index (κ1) is 13.6. The lowest BCUT2D eigenvalue weighted by atomic mass is 9.87. The second-order valence-corrected chi connectivity index (χ2v) is 6.55. The van der Waals surface area contributed by atoms with Gasteiger partial charge in [-0.1, -0.05) is 42.7 Å². The molecule has 1 aromatic heterocycles. The Morgan fingerprint density at radius 1 is 1.18 bits per heavy atom. The summed E-state index contributed by atoms with van der Waals surface area (Å²) in [5.41, 5.74) is 3.61. The van der Waals surface area contributed by atoms with Crippen LogP contribution in [0.2, 0.25) is 0 Å². The Balaban J connectivity index is 1.74. The van der Waals surface area contributed by atoms with E-state index in [-0.39, 0.29) is 11.8 Å². The van der Waals surface area contributed by atoms with E-state index in [2.05, 4.69) is 46.3 Å². The number of carbonyl (C=O) groups excluding carboxylic acids is 1. The highest BCUT2D eigenvalue weighted by molar-refractivity contribution is 5.94. The Hall–Kier alpha value is -2.10. The second-order valence-electron chi connectivity index (χ2n) is 6.55. The van der Waals surface area contributed by atoms with Crippen LogP contribution >= 0.6 is 0 Å². The van der Waals surface area contributed by atoms with Crippen LogP contribution in [-0.4, -0.2) is 15.7 Å². The van der Waals surface area contributed by atoms with Gasteiger partial charge in [0.15, 0.2) is 0 Å².